The van der Waals surface area contributed by atoms with Gasteiger partial charge in [-0.05, 0) is 37.8 Å². The van der Waals surface area contributed by atoms with E-state index in [4.69, 9.17) is 17.0 Å². The summed E-state index contributed by atoms with van der Waals surface area (Å²) < 4.78 is 6.08. The number of hydrogen-bond acceptors (Lipinski definition) is 3. The topological polar surface area (TPSA) is 26.3 Å². The molecule has 1 aromatic carbocycles. The average Bonchev–Trinajstić information content (AvgIpc) is 2.37. The first-order chi connectivity index (χ1) is 8.23. The van der Waals surface area contributed by atoms with Gasteiger partial charge in [0, 0.05) is 0 Å². The van der Waals surface area contributed by atoms with E-state index in [2.05, 4.69) is 0 Å². The lowest BCUT2D eigenvalue weighted by Gasteiger charge is -2.40. The zero-order valence-corrected chi connectivity index (χ0v) is 10.4. The van der Waals surface area contributed by atoms with E-state index in [9.17, 15) is 4.79 Å². The molecule has 1 aromatic rings. The van der Waals surface area contributed by atoms with Crippen LogP contribution in [-0.2, 0) is 0 Å². The number of fused-ring (bicyclic) bond motifs is 1. The number of para-hydroxylation sites is 1. The van der Waals surface area contributed by atoms with Crippen LogP contribution in [0.4, 0.5) is 0 Å². The van der Waals surface area contributed by atoms with Gasteiger partial charge in [0.25, 0.3) is 0 Å². The lowest BCUT2D eigenvalue weighted by Crippen LogP contribution is -2.51. The fraction of sp³-hybridized carbons (Fsp3) is 0.429. The van der Waals surface area contributed by atoms with E-state index in [0.29, 0.717) is 16.2 Å². The van der Waals surface area contributed by atoms with Crippen molar-refractivity contribution in [2.45, 2.75) is 37.7 Å². The minimum atomic E-state index is -0.487. The number of hydrogen-bond donors (Lipinski definition) is 0. The van der Waals surface area contributed by atoms with Gasteiger partial charge in [0.05, 0.1) is 5.56 Å². The maximum absolute atomic E-state index is 12.3. The second kappa shape index (κ2) is 3.91. The molecule has 1 heterocycles. The van der Waals surface area contributed by atoms with Gasteiger partial charge in [0.15, 0.2) is 0 Å². The molecule has 0 atom stereocenters. The minimum absolute atomic E-state index is 0.0104. The summed E-state index contributed by atoms with van der Waals surface area (Å²) in [7, 11) is 0. The van der Waals surface area contributed by atoms with Gasteiger partial charge < -0.3 is 4.74 Å². The standard InChI is InChI=1S/C14H14O2S/c15-12-10-6-2-3-7-11(10)16-14(13(12)17)8-4-1-5-9-14/h2-3,6-7H,1,4-5,8-9H2. The Morgan fingerprint density at radius 2 is 1.82 bits per heavy atom. The Labute approximate surface area is 106 Å². The SMILES string of the molecule is O=C1C(=S)C2(CCCCC2)Oc2ccccc21. The third-order valence-electron chi connectivity index (χ3n) is 3.72. The molecule has 3 heteroatoms. The smallest absolute Gasteiger partial charge is 0.207 e. The molecule has 0 N–H and O–H groups in total. The Kier molecular flexibility index (Phi) is 2.51. The van der Waals surface area contributed by atoms with Crippen LogP contribution in [0.3, 0.4) is 0 Å². The predicted octanol–water partition coefficient (Wildman–Crippen LogP) is 3.33. The molecular formula is C14H14O2S. The summed E-state index contributed by atoms with van der Waals surface area (Å²) >= 11 is 5.36. The Bertz CT molecular complexity index is 487. The maximum Gasteiger partial charge on any atom is 0.207 e. The van der Waals surface area contributed by atoms with Gasteiger partial charge in [-0.1, -0.05) is 30.8 Å². The van der Waals surface area contributed by atoms with Crippen molar-refractivity contribution in [1.29, 1.82) is 0 Å². The second-order valence-corrected chi connectivity index (χ2v) is 5.22. The maximum atomic E-state index is 12.3. The lowest BCUT2D eigenvalue weighted by molar-refractivity contribution is 0.0784. The quantitative estimate of drug-likeness (QED) is 0.657. The van der Waals surface area contributed by atoms with Crippen LogP contribution in [0.5, 0.6) is 5.75 Å². The van der Waals surface area contributed by atoms with Crippen molar-refractivity contribution in [3.8, 4) is 5.75 Å². The van der Waals surface area contributed by atoms with Crippen molar-refractivity contribution in [3.63, 3.8) is 0 Å². The summed E-state index contributed by atoms with van der Waals surface area (Å²) in [5.74, 6) is 0.691. The molecule has 0 amide bonds. The number of thiocarbonyl (C=S) groups is 1. The first kappa shape index (κ1) is 10.9. The highest BCUT2D eigenvalue weighted by Gasteiger charge is 2.45. The molecule has 0 aromatic heterocycles. The Morgan fingerprint density at radius 3 is 2.59 bits per heavy atom. The third kappa shape index (κ3) is 1.61. The van der Waals surface area contributed by atoms with Crippen LogP contribution in [0.2, 0.25) is 0 Å². The van der Waals surface area contributed by atoms with Crippen molar-refractivity contribution < 1.29 is 9.53 Å². The van der Waals surface area contributed by atoms with Gasteiger partial charge in [-0.15, -0.1) is 0 Å². The Balaban J connectivity index is 2.06. The van der Waals surface area contributed by atoms with Crippen LogP contribution < -0.4 is 4.74 Å². The lowest BCUT2D eigenvalue weighted by atomic mass is 9.78. The van der Waals surface area contributed by atoms with Gasteiger partial charge >= 0.3 is 0 Å². The largest absolute Gasteiger partial charge is 0.481 e. The Morgan fingerprint density at radius 1 is 1.12 bits per heavy atom. The van der Waals surface area contributed by atoms with E-state index in [1.807, 2.05) is 18.2 Å². The highest BCUT2D eigenvalue weighted by atomic mass is 32.1. The van der Waals surface area contributed by atoms with Crippen molar-refractivity contribution in [1.82, 2.24) is 0 Å². The van der Waals surface area contributed by atoms with E-state index in [1.165, 1.54) is 6.42 Å². The number of rotatable bonds is 0. The number of Topliss-reactive ketones (excluding diaryl/α,β-unsaturated/α-hetero) is 1. The molecule has 0 bridgehead atoms. The van der Waals surface area contributed by atoms with Crippen LogP contribution in [0, 0.1) is 0 Å². The fourth-order valence-electron chi connectivity index (χ4n) is 2.78. The van der Waals surface area contributed by atoms with E-state index < -0.39 is 5.60 Å². The molecule has 2 nitrogen and oxygen atoms in total. The summed E-state index contributed by atoms with van der Waals surface area (Å²) in [6.07, 6.45) is 5.16. The summed E-state index contributed by atoms with van der Waals surface area (Å²) in [5, 5.41) is 0. The molecule has 0 radical (unpaired) electrons. The molecule has 1 fully saturated rings. The molecule has 2 aliphatic rings. The molecule has 0 saturated heterocycles. The summed E-state index contributed by atoms with van der Waals surface area (Å²) in [4.78, 5) is 12.8. The van der Waals surface area contributed by atoms with Crippen LogP contribution in [-0.4, -0.2) is 16.2 Å². The molecule has 1 aliphatic heterocycles. The zero-order chi connectivity index (χ0) is 11.9. The van der Waals surface area contributed by atoms with Crippen LogP contribution in [0.1, 0.15) is 42.5 Å². The molecule has 0 unspecified atom stereocenters. The van der Waals surface area contributed by atoms with E-state index in [-0.39, 0.29) is 5.78 Å². The number of ketones is 1. The normalized spacial score (nSPS) is 22.1. The van der Waals surface area contributed by atoms with Crippen LogP contribution >= 0.6 is 12.2 Å². The fourth-order valence-corrected chi connectivity index (χ4v) is 3.14. The zero-order valence-electron chi connectivity index (χ0n) is 9.57. The third-order valence-corrected chi connectivity index (χ3v) is 4.28. The summed E-state index contributed by atoms with van der Waals surface area (Å²) in [5.41, 5.74) is 0.132. The molecule has 17 heavy (non-hydrogen) atoms. The number of benzene rings is 1. The van der Waals surface area contributed by atoms with E-state index in [0.717, 1.165) is 25.7 Å². The van der Waals surface area contributed by atoms with Gasteiger partial charge in [-0.25, -0.2) is 0 Å². The molecule has 88 valence electrons. The summed E-state index contributed by atoms with van der Waals surface area (Å²) in [6, 6.07) is 7.41. The van der Waals surface area contributed by atoms with Gasteiger partial charge in [0.1, 0.15) is 16.2 Å². The number of carbonyl (C=O) groups is 1. The molecule has 1 aliphatic carbocycles. The number of ether oxygens (including phenoxy) is 1. The monoisotopic (exact) mass is 246 g/mol. The summed E-state index contributed by atoms with van der Waals surface area (Å²) in [6.45, 7) is 0. The average molecular weight is 246 g/mol. The first-order valence-electron chi connectivity index (χ1n) is 6.10. The molecular weight excluding hydrogens is 232 g/mol. The highest BCUT2D eigenvalue weighted by Crippen LogP contribution is 2.40. The first-order valence-corrected chi connectivity index (χ1v) is 6.51. The van der Waals surface area contributed by atoms with Crippen LogP contribution in [0.25, 0.3) is 0 Å². The van der Waals surface area contributed by atoms with Gasteiger partial charge in [-0.2, -0.15) is 0 Å². The number of carbonyl (C=O) groups excluding carboxylic acids is 1. The van der Waals surface area contributed by atoms with Crippen molar-refractivity contribution >= 4 is 22.9 Å². The predicted molar refractivity (Wildman–Crippen MR) is 69.8 cm³/mol. The minimum Gasteiger partial charge on any atom is -0.481 e. The van der Waals surface area contributed by atoms with Crippen molar-refractivity contribution in [3.05, 3.63) is 29.8 Å². The second-order valence-electron chi connectivity index (χ2n) is 4.81. The van der Waals surface area contributed by atoms with Gasteiger partial charge in [-0.3, -0.25) is 4.79 Å². The van der Waals surface area contributed by atoms with E-state index in [1.54, 1.807) is 6.07 Å². The van der Waals surface area contributed by atoms with Gasteiger partial charge in [0.2, 0.25) is 5.78 Å². The van der Waals surface area contributed by atoms with Crippen molar-refractivity contribution in [2.75, 3.05) is 0 Å². The Hall–Kier alpha value is -1.22. The highest BCUT2D eigenvalue weighted by molar-refractivity contribution is 7.82. The van der Waals surface area contributed by atoms with Crippen LogP contribution in [0.15, 0.2) is 24.3 Å². The molecule has 1 saturated carbocycles. The molecule has 1 spiro atoms. The van der Waals surface area contributed by atoms with Crippen molar-refractivity contribution in [2.24, 2.45) is 0 Å². The molecule has 3 rings (SSSR count). The van der Waals surface area contributed by atoms with E-state index >= 15 is 0 Å².